The summed E-state index contributed by atoms with van der Waals surface area (Å²) in [5.74, 6) is -1.66. The van der Waals surface area contributed by atoms with Gasteiger partial charge in [-0.15, -0.1) is 5.10 Å². The number of alkyl halides is 3. The van der Waals surface area contributed by atoms with Gasteiger partial charge in [0.15, 0.2) is 0 Å². The highest BCUT2D eigenvalue weighted by Gasteiger charge is 2.34. The predicted molar refractivity (Wildman–Crippen MR) is 66.3 cm³/mol. The summed E-state index contributed by atoms with van der Waals surface area (Å²) in [5.41, 5.74) is 4.02. The average Bonchev–Trinajstić information content (AvgIpc) is 2.71. The SMILES string of the molecule is CC(C)n1nc(N)nc1Oc1ccc(F)c(C(F)(F)F)c1. The maximum atomic E-state index is 13.2. The van der Waals surface area contributed by atoms with Gasteiger partial charge in [0.1, 0.15) is 11.6 Å². The first-order chi connectivity index (χ1) is 9.68. The third kappa shape index (κ3) is 3.23. The molecular weight excluding hydrogens is 292 g/mol. The summed E-state index contributed by atoms with van der Waals surface area (Å²) in [5, 5.41) is 3.86. The molecule has 0 aliphatic rings. The molecule has 2 aromatic rings. The molecule has 2 rings (SSSR count). The maximum Gasteiger partial charge on any atom is 0.419 e. The number of benzene rings is 1. The Morgan fingerprint density at radius 3 is 2.52 bits per heavy atom. The standard InChI is InChI=1S/C12H12F4N4O/c1-6(2)20-11(18-10(17)19-20)21-7-3-4-9(13)8(5-7)12(14,15)16/h3-6H,1-2H3,(H2,17,19). The molecule has 0 bridgehead atoms. The summed E-state index contributed by atoms with van der Waals surface area (Å²) < 4.78 is 57.6. The highest BCUT2D eigenvalue weighted by Crippen LogP contribution is 2.34. The lowest BCUT2D eigenvalue weighted by Gasteiger charge is -2.12. The van der Waals surface area contributed by atoms with E-state index in [0.29, 0.717) is 12.1 Å². The van der Waals surface area contributed by atoms with E-state index in [1.807, 2.05) is 0 Å². The minimum atomic E-state index is -4.81. The van der Waals surface area contributed by atoms with E-state index in [1.165, 1.54) is 4.68 Å². The van der Waals surface area contributed by atoms with Crippen molar-refractivity contribution in [3.8, 4) is 11.8 Å². The second-order valence-electron chi connectivity index (χ2n) is 4.53. The van der Waals surface area contributed by atoms with Gasteiger partial charge in [-0.25, -0.2) is 9.07 Å². The molecule has 0 saturated carbocycles. The van der Waals surface area contributed by atoms with Crippen LogP contribution in [0.4, 0.5) is 23.5 Å². The Hall–Kier alpha value is -2.32. The molecule has 2 N–H and O–H groups in total. The molecule has 1 aromatic heterocycles. The number of hydrogen-bond donors (Lipinski definition) is 1. The van der Waals surface area contributed by atoms with E-state index in [2.05, 4.69) is 10.1 Å². The third-order valence-corrected chi connectivity index (χ3v) is 2.56. The van der Waals surface area contributed by atoms with Gasteiger partial charge < -0.3 is 10.5 Å². The molecule has 0 spiro atoms. The maximum absolute atomic E-state index is 13.2. The van der Waals surface area contributed by atoms with E-state index in [4.69, 9.17) is 10.5 Å². The molecule has 0 unspecified atom stereocenters. The average molecular weight is 304 g/mol. The molecule has 1 heterocycles. The van der Waals surface area contributed by atoms with Crippen molar-refractivity contribution in [2.75, 3.05) is 5.73 Å². The number of anilines is 1. The van der Waals surface area contributed by atoms with Crippen LogP contribution >= 0.6 is 0 Å². The quantitative estimate of drug-likeness (QED) is 0.883. The number of rotatable bonds is 3. The summed E-state index contributed by atoms with van der Waals surface area (Å²) in [7, 11) is 0. The van der Waals surface area contributed by atoms with Gasteiger partial charge in [-0.3, -0.25) is 0 Å². The summed E-state index contributed by atoms with van der Waals surface area (Å²) in [6.45, 7) is 3.54. The van der Waals surface area contributed by atoms with Crippen LogP contribution < -0.4 is 10.5 Å². The fraction of sp³-hybridized carbons (Fsp3) is 0.333. The second kappa shape index (κ2) is 5.23. The van der Waals surface area contributed by atoms with Crippen LogP contribution in [0.25, 0.3) is 0 Å². The molecule has 21 heavy (non-hydrogen) atoms. The van der Waals surface area contributed by atoms with Crippen LogP contribution in [-0.4, -0.2) is 14.8 Å². The molecule has 0 amide bonds. The first-order valence-electron chi connectivity index (χ1n) is 5.95. The van der Waals surface area contributed by atoms with Crippen molar-refractivity contribution in [2.24, 2.45) is 0 Å². The summed E-state index contributed by atoms with van der Waals surface area (Å²) in [6, 6.07) is 2.08. The topological polar surface area (TPSA) is 66.0 Å². The Morgan fingerprint density at radius 1 is 1.29 bits per heavy atom. The Morgan fingerprint density at radius 2 is 1.95 bits per heavy atom. The minimum Gasteiger partial charge on any atom is -0.424 e. The molecule has 0 radical (unpaired) electrons. The number of nitrogens with zero attached hydrogens (tertiary/aromatic N) is 3. The van der Waals surface area contributed by atoms with Gasteiger partial charge in [0, 0.05) is 0 Å². The number of halogens is 4. The van der Waals surface area contributed by atoms with Crippen LogP contribution in [0.1, 0.15) is 25.5 Å². The Bertz CT molecular complexity index is 651. The zero-order chi connectivity index (χ0) is 15.8. The van der Waals surface area contributed by atoms with Gasteiger partial charge in [-0.05, 0) is 32.0 Å². The third-order valence-electron chi connectivity index (χ3n) is 2.56. The van der Waals surface area contributed by atoms with Gasteiger partial charge in [-0.1, -0.05) is 0 Å². The van der Waals surface area contributed by atoms with Gasteiger partial charge in [0.25, 0.3) is 0 Å². The van der Waals surface area contributed by atoms with Crippen molar-refractivity contribution in [3.05, 3.63) is 29.6 Å². The van der Waals surface area contributed by atoms with Crippen LogP contribution in [0.15, 0.2) is 18.2 Å². The van der Waals surface area contributed by atoms with Crippen LogP contribution in [-0.2, 0) is 6.18 Å². The lowest BCUT2D eigenvalue weighted by atomic mass is 10.2. The fourth-order valence-corrected chi connectivity index (χ4v) is 1.62. The van der Waals surface area contributed by atoms with E-state index in [1.54, 1.807) is 13.8 Å². The molecule has 9 heteroatoms. The second-order valence-corrected chi connectivity index (χ2v) is 4.53. The Balaban J connectivity index is 2.37. The van der Waals surface area contributed by atoms with Crippen molar-refractivity contribution >= 4 is 5.95 Å². The molecule has 0 atom stereocenters. The van der Waals surface area contributed by atoms with Crippen molar-refractivity contribution in [3.63, 3.8) is 0 Å². The molecule has 5 nitrogen and oxygen atoms in total. The number of nitrogen functional groups attached to an aromatic ring is 1. The Kier molecular flexibility index (Phi) is 3.75. The van der Waals surface area contributed by atoms with Crippen LogP contribution in [0.5, 0.6) is 11.8 Å². The summed E-state index contributed by atoms with van der Waals surface area (Å²) in [6.07, 6.45) is -4.81. The van der Waals surface area contributed by atoms with Gasteiger partial charge >= 0.3 is 12.2 Å². The van der Waals surface area contributed by atoms with Crippen molar-refractivity contribution in [1.82, 2.24) is 14.8 Å². The predicted octanol–water partition coefficient (Wildman–Crippen LogP) is 3.39. The molecular formula is C12H12F4N4O. The normalized spacial score (nSPS) is 12.0. The van der Waals surface area contributed by atoms with Gasteiger partial charge in [-0.2, -0.15) is 18.2 Å². The van der Waals surface area contributed by atoms with E-state index in [-0.39, 0.29) is 23.8 Å². The zero-order valence-electron chi connectivity index (χ0n) is 11.1. The van der Waals surface area contributed by atoms with Gasteiger partial charge in [0.2, 0.25) is 5.95 Å². The Labute approximate surface area is 117 Å². The molecule has 0 saturated heterocycles. The molecule has 1 aromatic carbocycles. The zero-order valence-corrected chi connectivity index (χ0v) is 11.1. The molecule has 114 valence electrons. The molecule has 0 aliphatic heterocycles. The first-order valence-corrected chi connectivity index (χ1v) is 5.95. The van der Waals surface area contributed by atoms with Crippen LogP contribution in [0.3, 0.4) is 0 Å². The monoisotopic (exact) mass is 304 g/mol. The van der Waals surface area contributed by atoms with Crippen LogP contribution in [0.2, 0.25) is 0 Å². The molecule has 0 aliphatic carbocycles. The fourth-order valence-electron chi connectivity index (χ4n) is 1.62. The van der Waals surface area contributed by atoms with E-state index in [9.17, 15) is 17.6 Å². The number of nitrogens with two attached hydrogens (primary N) is 1. The highest BCUT2D eigenvalue weighted by molar-refractivity contribution is 5.34. The smallest absolute Gasteiger partial charge is 0.419 e. The van der Waals surface area contributed by atoms with Crippen molar-refractivity contribution in [1.29, 1.82) is 0 Å². The lowest BCUT2D eigenvalue weighted by Crippen LogP contribution is -2.09. The van der Waals surface area contributed by atoms with Gasteiger partial charge in [0.05, 0.1) is 11.6 Å². The summed E-state index contributed by atoms with van der Waals surface area (Å²) >= 11 is 0. The summed E-state index contributed by atoms with van der Waals surface area (Å²) in [4.78, 5) is 3.77. The van der Waals surface area contributed by atoms with Crippen molar-refractivity contribution in [2.45, 2.75) is 26.1 Å². The number of ether oxygens (including phenoxy) is 1. The first kappa shape index (κ1) is 15.1. The van der Waals surface area contributed by atoms with E-state index < -0.39 is 17.6 Å². The van der Waals surface area contributed by atoms with E-state index in [0.717, 1.165) is 6.07 Å². The van der Waals surface area contributed by atoms with E-state index >= 15 is 0 Å². The van der Waals surface area contributed by atoms with Crippen molar-refractivity contribution < 1.29 is 22.3 Å². The highest BCUT2D eigenvalue weighted by atomic mass is 19.4. The minimum absolute atomic E-state index is 0.0674. The lowest BCUT2D eigenvalue weighted by molar-refractivity contribution is -0.140. The van der Waals surface area contributed by atoms with Crippen LogP contribution in [0, 0.1) is 5.82 Å². The number of hydrogen-bond acceptors (Lipinski definition) is 4. The molecule has 0 fully saturated rings. The number of aromatic nitrogens is 3. The largest absolute Gasteiger partial charge is 0.424 e.